The molecule has 2 heteroatoms. The summed E-state index contributed by atoms with van der Waals surface area (Å²) in [5.74, 6) is 0. The molecule has 0 saturated carbocycles. The lowest BCUT2D eigenvalue weighted by molar-refractivity contribution is 0.00322. The number of hydrogen-bond donors (Lipinski definition) is 1. The van der Waals surface area contributed by atoms with Gasteiger partial charge in [-0.2, -0.15) is 0 Å². The van der Waals surface area contributed by atoms with Crippen LogP contribution in [0.25, 0.3) is 0 Å². The molecule has 19 heavy (non-hydrogen) atoms. The lowest BCUT2D eigenvalue weighted by atomic mass is 9.87. The van der Waals surface area contributed by atoms with Gasteiger partial charge in [0.15, 0.2) is 0 Å². The highest BCUT2D eigenvalue weighted by molar-refractivity contribution is 5.34. The number of aryl methyl sites for hydroxylation is 2. The average molecular weight is 261 g/mol. The molecule has 0 bridgehead atoms. The van der Waals surface area contributed by atoms with E-state index in [1.54, 1.807) is 0 Å². The Morgan fingerprint density at radius 1 is 1.16 bits per heavy atom. The van der Waals surface area contributed by atoms with Crippen LogP contribution in [0.5, 0.6) is 0 Å². The summed E-state index contributed by atoms with van der Waals surface area (Å²) >= 11 is 0. The predicted molar refractivity (Wildman–Crippen MR) is 80.5 cm³/mol. The molecule has 0 aromatic heterocycles. The van der Waals surface area contributed by atoms with Crippen molar-refractivity contribution >= 4 is 0 Å². The van der Waals surface area contributed by atoms with Crippen LogP contribution in [0.2, 0.25) is 0 Å². The van der Waals surface area contributed by atoms with Crippen LogP contribution in [0.1, 0.15) is 43.4 Å². The van der Waals surface area contributed by atoms with Crippen LogP contribution in [0.3, 0.4) is 0 Å². The van der Waals surface area contributed by atoms with Crippen molar-refractivity contribution in [1.29, 1.82) is 0 Å². The van der Waals surface area contributed by atoms with Crippen molar-refractivity contribution in [2.75, 3.05) is 13.1 Å². The zero-order valence-electron chi connectivity index (χ0n) is 12.7. The van der Waals surface area contributed by atoms with Crippen molar-refractivity contribution in [3.8, 4) is 0 Å². The van der Waals surface area contributed by atoms with E-state index in [1.165, 1.54) is 29.5 Å². The standard InChI is InChI=1S/C17H27NO/c1-13-8-7-9-14(2)15(13)12-16(19)17(3,4)18-10-5-6-11-18/h7-9,16,19H,5-6,10-12H2,1-4H3. The molecular weight excluding hydrogens is 234 g/mol. The van der Waals surface area contributed by atoms with E-state index in [0.717, 1.165) is 19.5 Å². The molecule has 1 aliphatic rings. The van der Waals surface area contributed by atoms with Gasteiger partial charge in [0.2, 0.25) is 0 Å². The van der Waals surface area contributed by atoms with Crippen LogP contribution in [0, 0.1) is 13.8 Å². The minimum atomic E-state index is -0.314. The molecular formula is C17H27NO. The molecule has 2 nitrogen and oxygen atoms in total. The van der Waals surface area contributed by atoms with Gasteiger partial charge in [-0.25, -0.2) is 0 Å². The van der Waals surface area contributed by atoms with Gasteiger partial charge >= 0.3 is 0 Å². The van der Waals surface area contributed by atoms with E-state index in [4.69, 9.17) is 0 Å². The molecule has 1 unspecified atom stereocenters. The highest BCUT2D eigenvalue weighted by Gasteiger charge is 2.35. The molecule has 0 spiro atoms. The first kappa shape index (κ1) is 14.5. The molecule has 1 aromatic rings. The molecule has 1 heterocycles. The van der Waals surface area contributed by atoms with Crippen molar-refractivity contribution in [1.82, 2.24) is 4.90 Å². The fourth-order valence-electron chi connectivity index (χ4n) is 3.12. The summed E-state index contributed by atoms with van der Waals surface area (Å²) in [7, 11) is 0. The number of aliphatic hydroxyl groups excluding tert-OH is 1. The maximum absolute atomic E-state index is 10.7. The van der Waals surface area contributed by atoms with Crippen molar-refractivity contribution in [3.63, 3.8) is 0 Å². The minimum Gasteiger partial charge on any atom is -0.391 e. The van der Waals surface area contributed by atoms with Crippen LogP contribution in [-0.4, -0.2) is 34.7 Å². The Hall–Kier alpha value is -0.860. The summed E-state index contributed by atoms with van der Waals surface area (Å²) < 4.78 is 0. The molecule has 106 valence electrons. The normalized spacial score (nSPS) is 18.8. The first-order valence-corrected chi connectivity index (χ1v) is 7.41. The lowest BCUT2D eigenvalue weighted by Gasteiger charge is -2.40. The van der Waals surface area contributed by atoms with E-state index < -0.39 is 0 Å². The van der Waals surface area contributed by atoms with E-state index in [1.807, 2.05) is 0 Å². The van der Waals surface area contributed by atoms with Gasteiger partial charge in [-0.1, -0.05) is 18.2 Å². The first-order chi connectivity index (χ1) is 8.93. The Morgan fingerprint density at radius 3 is 2.21 bits per heavy atom. The molecule has 1 fully saturated rings. The Morgan fingerprint density at radius 2 is 1.68 bits per heavy atom. The second kappa shape index (κ2) is 5.64. The Balaban J connectivity index is 2.13. The second-order valence-corrected chi connectivity index (χ2v) is 6.44. The average Bonchev–Trinajstić information content (AvgIpc) is 2.88. The van der Waals surface area contributed by atoms with Crippen LogP contribution >= 0.6 is 0 Å². The Bertz CT molecular complexity index is 413. The van der Waals surface area contributed by atoms with Gasteiger partial charge in [-0.3, -0.25) is 4.90 Å². The van der Waals surface area contributed by atoms with Crippen molar-refractivity contribution < 1.29 is 5.11 Å². The molecule has 2 rings (SSSR count). The van der Waals surface area contributed by atoms with E-state index in [2.05, 4.69) is 50.8 Å². The Kier molecular flexibility index (Phi) is 4.32. The SMILES string of the molecule is Cc1cccc(C)c1CC(O)C(C)(C)N1CCCC1. The molecule has 0 aliphatic carbocycles. The van der Waals surface area contributed by atoms with Gasteiger partial charge in [0, 0.05) is 12.0 Å². The zero-order chi connectivity index (χ0) is 14.0. The van der Waals surface area contributed by atoms with Crippen molar-refractivity contribution in [2.45, 2.75) is 58.6 Å². The van der Waals surface area contributed by atoms with Crippen LogP contribution in [0.4, 0.5) is 0 Å². The number of aliphatic hydroxyl groups is 1. The number of rotatable bonds is 4. The van der Waals surface area contributed by atoms with Gasteiger partial charge in [-0.05, 0) is 70.3 Å². The third-order valence-electron chi connectivity index (χ3n) is 4.78. The van der Waals surface area contributed by atoms with Crippen molar-refractivity contribution in [3.05, 3.63) is 34.9 Å². The fraction of sp³-hybridized carbons (Fsp3) is 0.647. The molecule has 0 radical (unpaired) electrons. The van der Waals surface area contributed by atoms with Gasteiger partial charge in [0.05, 0.1) is 6.10 Å². The van der Waals surface area contributed by atoms with Crippen LogP contribution in [-0.2, 0) is 6.42 Å². The maximum Gasteiger partial charge on any atom is 0.0758 e. The number of nitrogens with zero attached hydrogens (tertiary/aromatic N) is 1. The molecule has 0 amide bonds. The van der Waals surface area contributed by atoms with Gasteiger partial charge in [0.25, 0.3) is 0 Å². The van der Waals surface area contributed by atoms with Gasteiger partial charge in [-0.15, -0.1) is 0 Å². The summed E-state index contributed by atoms with van der Waals surface area (Å²) in [6.45, 7) is 10.9. The zero-order valence-corrected chi connectivity index (χ0v) is 12.7. The molecule has 1 aliphatic heterocycles. The first-order valence-electron chi connectivity index (χ1n) is 7.41. The third kappa shape index (κ3) is 3.01. The van der Waals surface area contributed by atoms with Crippen LogP contribution < -0.4 is 0 Å². The predicted octanol–water partition coefficient (Wildman–Crippen LogP) is 3.08. The summed E-state index contributed by atoms with van der Waals surface area (Å²) in [4.78, 5) is 2.44. The summed E-state index contributed by atoms with van der Waals surface area (Å²) in [6.07, 6.45) is 2.96. The molecule has 1 aromatic carbocycles. The summed E-state index contributed by atoms with van der Waals surface area (Å²) in [5.41, 5.74) is 3.75. The monoisotopic (exact) mass is 261 g/mol. The molecule has 1 N–H and O–H groups in total. The minimum absolute atomic E-state index is 0.134. The van der Waals surface area contributed by atoms with E-state index in [0.29, 0.717) is 0 Å². The molecule has 1 saturated heterocycles. The number of likely N-dealkylation sites (tertiary alicyclic amines) is 1. The fourth-order valence-corrected chi connectivity index (χ4v) is 3.12. The molecule has 1 atom stereocenters. The van der Waals surface area contributed by atoms with E-state index in [9.17, 15) is 5.11 Å². The third-order valence-corrected chi connectivity index (χ3v) is 4.78. The number of benzene rings is 1. The quantitative estimate of drug-likeness (QED) is 0.900. The number of hydrogen-bond acceptors (Lipinski definition) is 2. The van der Waals surface area contributed by atoms with E-state index in [-0.39, 0.29) is 11.6 Å². The highest BCUT2D eigenvalue weighted by atomic mass is 16.3. The largest absolute Gasteiger partial charge is 0.391 e. The van der Waals surface area contributed by atoms with E-state index >= 15 is 0 Å². The van der Waals surface area contributed by atoms with Crippen LogP contribution in [0.15, 0.2) is 18.2 Å². The topological polar surface area (TPSA) is 23.5 Å². The second-order valence-electron chi connectivity index (χ2n) is 6.44. The van der Waals surface area contributed by atoms with Gasteiger partial charge < -0.3 is 5.11 Å². The highest BCUT2D eigenvalue weighted by Crippen LogP contribution is 2.27. The smallest absolute Gasteiger partial charge is 0.0758 e. The lowest BCUT2D eigenvalue weighted by Crippen LogP contribution is -2.52. The summed E-state index contributed by atoms with van der Waals surface area (Å²) in [6, 6.07) is 6.36. The van der Waals surface area contributed by atoms with Crippen molar-refractivity contribution in [2.24, 2.45) is 0 Å². The summed E-state index contributed by atoms with van der Waals surface area (Å²) in [5, 5.41) is 10.7. The van der Waals surface area contributed by atoms with Gasteiger partial charge in [0.1, 0.15) is 0 Å². The Labute approximate surface area is 117 Å². The maximum atomic E-state index is 10.7.